The Labute approximate surface area is 125 Å². The molecule has 0 aliphatic carbocycles. The van der Waals surface area contributed by atoms with Gasteiger partial charge in [-0.05, 0) is 18.6 Å². The number of rotatable bonds is 2. The van der Waals surface area contributed by atoms with Gasteiger partial charge in [0, 0.05) is 10.9 Å². The summed E-state index contributed by atoms with van der Waals surface area (Å²) in [6.45, 7) is 1.36. The highest BCUT2D eigenvalue weighted by Gasteiger charge is 2.20. The summed E-state index contributed by atoms with van der Waals surface area (Å²) in [5.74, 6) is -0.329. The molecule has 1 heterocycles. The van der Waals surface area contributed by atoms with Gasteiger partial charge >= 0.3 is 5.63 Å². The molecule has 1 aromatic heterocycles. The normalized spacial score (nSPS) is 10.8. The first kappa shape index (κ1) is 13.6. The van der Waals surface area contributed by atoms with Crippen molar-refractivity contribution in [2.24, 2.45) is 0 Å². The molecule has 104 valence electrons. The third kappa shape index (κ3) is 2.26. The zero-order valence-electron chi connectivity index (χ0n) is 11.2. The first-order chi connectivity index (χ1) is 10.1. The molecule has 0 saturated carbocycles. The minimum atomic E-state index is -0.665. The van der Waals surface area contributed by atoms with E-state index in [-0.39, 0.29) is 11.3 Å². The number of halogens is 1. The second-order valence-electron chi connectivity index (χ2n) is 4.68. The van der Waals surface area contributed by atoms with Crippen molar-refractivity contribution in [1.29, 1.82) is 0 Å². The standard InChI is InChI=1S/C17H11ClO3/c1-10(19)14-15(11-6-3-2-4-7-11)12-8-5-9-13(18)16(12)21-17(14)20/h2-9H,1H3. The van der Waals surface area contributed by atoms with Crippen LogP contribution in [-0.4, -0.2) is 5.78 Å². The van der Waals surface area contributed by atoms with Gasteiger partial charge in [-0.15, -0.1) is 0 Å². The van der Waals surface area contributed by atoms with Crippen LogP contribution in [0.3, 0.4) is 0 Å². The first-order valence-corrected chi connectivity index (χ1v) is 6.79. The van der Waals surface area contributed by atoms with Gasteiger partial charge < -0.3 is 4.42 Å². The molecule has 0 fully saturated rings. The van der Waals surface area contributed by atoms with E-state index in [0.717, 1.165) is 5.56 Å². The smallest absolute Gasteiger partial charge is 0.347 e. The topological polar surface area (TPSA) is 47.3 Å². The van der Waals surface area contributed by atoms with Crippen molar-refractivity contribution < 1.29 is 9.21 Å². The van der Waals surface area contributed by atoms with Crippen LogP contribution in [0.2, 0.25) is 5.02 Å². The maximum absolute atomic E-state index is 12.2. The Morgan fingerprint density at radius 2 is 1.76 bits per heavy atom. The lowest BCUT2D eigenvalue weighted by atomic mass is 9.95. The van der Waals surface area contributed by atoms with E-state index in [2.05, 4.69) is 0 Å². The molecule has 0 amide bonds. The van der Waals surface area contributed by atoms with E-state index >= 15 is 0 Å². The van der Waals surface area contributed by atoms with Crippen molar-refractivity contribution in [3.05, 3.63) is 69.5 Å². The number of para-hydroxylation sites is 1. The summed E-state index contributed by atoms with van der Waals surface area (Å²) >= 11 is 6.10. The van der Waals surface area contributed by atoms with Crippen molar-refractivity contribution in [2.45, 2.75) is 6.92 Å². The third-order valence-electron chi connectivity index (χ3n) is 3.30. The zero-order valence-corrected chi connectivity index (χ0v) is 12.0. The van der Waals surface area contributed by atoms with Crippen molar-refractivity contribution >= 4 is 28.4 Å². The minimum absolute atomic E-state index is 0.0518. The zero-order chi connectivity index (χ0) is 15.0. The lowest BCUT2D eigenvalue weighted by Crippen LogP contribution is -2.14. The minimum Gasteiger partial charge on any atom is -0.421 e. The largest absolute Gasteiger partial charge is 0.421 e. The van der Waals surface area contributed by atoms with Crippen LogP contribution in [0.5, 0.6) is 0 Å². The van der Waals surface area contributed by atoms with Crippen molar-refractivity contribution in [1.82, 2.24) is 0 Å². The predicted octanol–water partition coefficient (Wildman–Crippen LogP) is 4.32. The van der Waals surface area contributed by atoms with Crippen LogP contribution in [0, 0.1) is 0 Å². The molecule has 0 N–H and O–H groups in total. The molecule has 0 atom stereocenters. The summed E-state index contributed by atoms with van der Waals surface area (Å²) in [4.78, 5) is 24.1. The van der Waals surface area contributed by atoms with E-state index in [4.69, 9.17) is 16.0 Å². The Hall–Kier alpha value is -2.39. The van der Waals surface area contributed by atoms with Gasteiger partial charge in [0.25, 0.3) is 0 Å². The molecule has 0 saturated heterocycles. The van der Waals surface area contributed by atoms with Gasteiger partial charge in [-0.2, -0.15) is 0 Å². The Kier molecular flexibility index (Phi) is 3.35. The van der Waals surface area contributed by atoms with Crippen LogP contribution in [0.15, 0.2) is 57.7 Å². The molecule has 3 aromatic rings. The van der Waals surface area contributed by atoms with E-state index < -0.39 is 5.63 Å². The average molecular weight is 299 g/mol. The van der Waals surface area contributed by atoms with Gasteiger partial charge in [-0.1, -0.05) is 54.1 Å². The monoisotopic (exact) mass is 298 g/mol. The average Bonchev–Trinajstić information content (AvgIpc) is 2.47. The van der Waals surface area contributed by atoms with E-state index in [9.17, 15) is 9.59 Å². The maximum Gasteiger partial charge on any atom is 0.347 e. The Balaban J connectivity index is 2.55. The van der Waals surface area contributed by atoms with Gasteiger partial charge in [0.05, 0.1) is 5.02 Å². The summed E-state index contributed by atoms with van der Waals surface area (Å²) in [6, 6.07) is 14.5. The molecule has 0 radical (unpaired) electrons. The molecule has 4 heteroatoms. The highest BCUT2D eigenvalue weighted by atomic mass is 35.5. The number of carbonyl (C=O) groups excluding carboxylic acids is 1. The second kappa shape index (κ2) is 5.19. The van der Waals surface area contributed by atoms with Crippen LogP contribution in [0.25, 0.3) is 22.1 Å². The fourth-order valence-electron chi connectivity index (χ4n) is 2.41. The van der Waals surface area contributed by atoms with Gasteiger partial charge in [-0.3, -0.25) is 4.79 Å². The molecule has 2 aromatic carbocycles. The Bertz CT molecular complexity index is 895. The first-order valence-electron chi connectivity index (χ1n) is 6.41. The number of hydrogen-bond donors (Lipinski definition) is 0. The summed E-state index contributed by atoms with van der Waals surface area (Å²) < 4.78 is 5.24. The van der Waals surface area contributed by atoms with E-state index in [0.29, 0.717) is 21.6 Å². The van der Waals surface area contributed by atoms with Crippen LogP contribution in [0.4, 0.5) is 0 Å². The van der Waals surface area contributed by atoms with Crippen molar-refractivity contribution in [3.8, 4) is 11.1 Å². The summed E-state index contributed by atoms with van der Waals surface area (Å²) in [5.41, 5.74) is 1.03. The Morgan fingerprint density at radius 3 is 2.43 bits per heavy atom. The number of carbonyl (C=O) groups is 1. The SMILES string of the molecule is CC(=O)c1c(-c2ccccc2)c2cccc(Cl)c2oc1=O. The lowest BCUT2D eigenvalue weighted by Gasteiger charge is -2.10. The van der Waals surface area contributed by atoms with Crippen LogP contribution < -0.4 is 5.63 Å². The van der Waals surface area contributed by atoms with Gasteiger partial charge in [0.2, 0.25) is 0 Å². The predicted molar refractivity (Wildman–Crippen MR) is 82.9 cm³/mol. The maximum atomic E-state index is 12.2. The van der Waals surface area contributed by atoms with Gasteiger partial charge in [0.15, 0.2) is 11.4 Å². The molecular formula is C17H11ClO3. The fraction of sp³-hybridized carbons (Fsp3) is 0.0588. The van der Waals surface area contributed by atoms with E-state index in [1.165, 1.54) is 6.92 Å². The molecule has 0 aliphatic heterocycles. The molecule has 3 nitrogen and oxygen atoms in total. The molecule has 0 spiro atoms. The molecular weight excluding hydrogens is 288 g/mol. The van der Waals surface area contributed by atoms with E-state index in [1.54, 1.807) is 18.2 Å². The fourth-order valence-corrected chi connectivity index (χ4v) is 2.63. The summed E-state index contributed by atoms with van der Waals surface area (Å²) in [6.07, 6.45) is 0. The molecule has 3 rings (SSSR count). The highest BCUT2D eigenvalue weighted by molar-refractivity contribution is 6.35. The lowest BCUT2D eigenvalue weighted by molar-refractivity contribution is 0.101. The van der Waals surface area contributed by atoms with E-state index in [1.807, 2.05) is 30.3 Å². The Morgan fingerprint density at radius 1 is 1.05 bits per heavy atom. The quantitative estimate of drug-likeness (QED) is 0.523. The van der Waals surface area contributed by atoms with Crippen molar-refractivity contribution in [3.63, 3.8) is 0 Å². The molecule has 0 unspecified atom stereocenters. The van der Waals surface area contributed by atoms with Gasteiger partial charge in [-0.25, -0.2) is 4.79 Å². The highest BCUT2D eigenvalue weighted by Crippen LogP contribution is 2.33. The van der Waals surface area contributed by atoms with Crippen LogP contribution in [-0.2, 0) is 0 Å². The summed E-state index contributed by atoms with van der Waals surface area (Å²) in [7, 11) is 0. The molecule has 21 heavy (non-hydrogen) atoms. The number of benzene rings is 2. The number of hydrogen-bond acceptors (Lipinski definition) is 3. The number of fused-ring (bicyclic) bond motifs is 1. The van der Waals surface area contributed by atoms with Gasteiger partial charge in [0.1, 0.15) is 5.56 Å². The number of Topliss-reactive ketones (excluding diaryl/α,β-unsaturated/α-hetero) is 1. The summed E-state index contributed by atoms with van der Waals surface area (Å²) in [5, 5.41) is 0.996. The molecule has 0 bridgehead atoms. The molecule has 0 aliphatic rings. The van der Waals surface area contributed by atoms with Crippen LogP contribution >= 0.6 is 11.6 Å². The van der Waals surface area contributed by atoms with Crippen molar-refractivity contribution in [2.75, 3.05) is 0 Å². The third-order valence-corrected chi connectivity index (χ3v) is 3.60. The number of ketones is 1. The second-order valence-corrected chi connectivity index (χ2v) is 5.09. The van der Waals surface area contributed by atoms with Crippen LogP contribution in [0.1, 0.15) is 17.3 Å².